The zero-order chi connectivity index (χ0) is 21.7. The molecule has 6 rings (SSSR count). The quantitative estimate of drug-likeness (QED) is 0.281. The summed E-state index contributed by atoms with van der Waals surface area (Å²) in [7, 11) is 0. The van der Waals surface area contributed by atoms with Gasteiger partial charge in [0.1, 0.15) is 0 Å². The fourth-order valence-electron chi connectivity index (χ4n) is 4.68. The van der Waals surface area contributed by atoms with Crippen molar-refractivity contribution in [1.29, 1.82) is 0 Å². The van der Waals surface area contributed by atoms with Crippen LogP contribution in [0.3, 0.4) is 0 Å². The average molecular weight is 432 g/mol. The molecule has 0 bridgehead atoms. The predicted octanol–water partition coefficient (Wildman–Crippen LogP) is 7.68. The lowest BCUT2D eigenvalue weighted by Gasteiger charge is -2.17. The number of ketones is 1. The van der Waals surface area contributed by atoms with Crippen LogP contribution in [0.1, 0.15) is 15.9 Å². The standard InChI is InChI=1S/C29H18ClNO/c30-21-15-17-22(18-16-21)31-27(19-9-3-1-4-10-19)25-23-13-7-8-14-24(23)29(32)26(25)28(31)20-11-5-2-6-12-20/h1-18H. The van der Waals surface area contributed by atoms with Crippen molar-refractivity contribution >= 4 is 17.4 Å². The molecule has 0 fully saturated rings. The van der Waals surface area contributed by atoms with Gasteiger partial charge in [-0.3, -0.25) is 4.79 Å². The fourth-order valence-corrected chi connectivity index (χ4v) is 4.80. The summed E-state index contributed by atoms with van der Waals surface area (Å²) in [5, 5.41) is 0.678. The molecule has 0 saturated heterocycles. The molecular weight excluding hydrogens is 414 g/mol. The van der Waals surface area contributed by atoms with Crippen LogP contribution in [0.2, 0.25) is 5.02 Å². The molecule has 0 aliphatic heterocycles. The van der Waals surface area contributed by atoms with E-state index in [1.54, 1.807) is 0 Å². The lowest BCUT2D eigenvalue weighted by atomic mass is 10.0. The topological polar surface area (TPSA) is 22.0 Å². The van der Waals surface area contributed by atoms with E-state index in [2.05, 4.69) is 28.8 Å². The van der Waals surface area contributed by atoms with Gasteiger partial charge in [-0.05, 0) is 41.0 Å². The number of carbonyl (C=O) groups excluding carboxylic acids is 1. The van der Waals surface area contributed by atoms with Gasteiger partial charge in [-0.2, -0.15) is 0 Å². The Hall–Kier alpha value is -3.88. The average Bonchev–Trinajstić information content (AvgIpc) is 3.34. The molecule has 0 radical (unpaired) electrons. The van der Waals surface area contributed by atoms with Crippen LogP contribution >= 0.6 is 11.6 Å². The lowest BCUT2D eigenvalue weighted by Crippen LogP contribution is -2.04. The molecule has 1 aromatic heterocycles. The molecule has 2 nitrogen and oxygen atoms in total. The van der Waals surface area contributed by atoms with Crippen molar-refractivity contribution in [1.82, 2.24) is 4.57 Å². The van der Waals surface area contributed by atoms with Gasteiger partial charge in [0.2, 0.25) is 0 Å². The second-order valence-corrected chi connectivity index (χ2v) is 8.30. The van der Waals surface area contributed by atoms with Crippen molar-refractivity contribution in [3.63, 3.8) is 0 Å². The van der Waals surface area contributed by atoms with Crippen molar-refractivity contribution in [2.24, 2.45) is 0 Å². The van der Waals surface area contributed by atoms with Crippen molar-refractivity contribution < 1.29 is 4.79 Å². The minimum atomic E-state index is 0.0688. The predicted molar refractivity (Wildman–Crippen MR) is 131 cm³/mol. The minimum absolute atomic E-state index is 0.0688. The summed E-state index contributed by atoms with van der Waals surface area (Å²) < 4.78 is 2.21. The lowest BCUT2D eigenvalue weighted by molar-refractivity contribution is 0.104. The molecule has 1 heterocycles. The zero-order valence-corrected chi connectivity index (χ0v) is 17.9. The van der Waals surface area contributed by atoms with E-state index in [0.29, 0.717) is 5.02 Å². The van der Waals surface area contributed by atoms with E-state index in [1.165, 1.54) is 0 Å². The Morgan fingerprint density at radius 3 is 1.62 bits per heavy atom. The molecule has 3 heteroatoms. The molecule has 0 spiro atoms. The van der Waals surface area contributed by atoms with Gasteiger partial charge in [0.15, 0.2) is 5.78 Å². The van der Waals surface area contributed by atoms with Crippen molar-refractivity contribution in [3.8, 4) is 39.3 Å². The third-order valence-corrected chi connectivity index (χ3v) is 6.27. The van der Waals surface area contributed by atoms with Crippen LogP contribution in [0.4, 0.5) is 0 Å². The first-order valence-electron chi connectivity index (χ1n) is 10.5. The van der Waals surface area contributed by atoms with E-state index in [-0.39, 0.29) is 5.78 Å². The maximum absolute atomic E-state index is 13.7. The summed E-state index contributed by atoms with van der Waals surface area (Å²) in [6, 6.07) is 36.1. The van der Waals surface area contributed by atoms with E-state index in [0.717, 1.165) is 50.5 Å². The van der Waals surface area contributed by atoms with E-state index in [1.807, 2.05) is 84.9 Å². The molecule has 1 aliphatic carbocycles. The van der Waals surface area contributed by atoms with Crippen LogP contribution in [0.15, 0.2) is 109 Å². The number of rotatable bonds is 3. The molecular formula is C29H18ClNO. The number of carbonyl (C=O) groups is 1. The molecule has 0 saturated carbocycles. The SMILES string of the molecule is O=C1c2ccccc2-c2c1c(-c1ccccc1)n(-c1ccc(Cl)cc1)c2-c1ccccc1. The van der Waals surface area contributed by atoms with Gasteiger partial charge in [-0.25, -0.2) is 0 Å². The van der Waals surface area contributed by atoms with E-state index in [4.69, 9.17) is 11.6 Å². The van der Waals surface area contributed by atoms with Crippen LogP contribution < -0.4 is 0 Å². The molecule has 1 aliphatic rings. The minimum Gasteiger partial charge on any atom is -0.308 e. The van der Waals surface area contributed by atoms with Crippen LogP contribution in [0, 0.1) is 0 Å². The Kier molecular flexibility index (Phi) is 4.34. The summed E-state index contributed by atoms with van der Waals surface area (Å²) in [5.41, 5.74) is 8.44. The number of fused-ring (bicyclic) bond motifs is 3. The highest BCUT2D eigenvalue weighted by Gasteiger charge is 2.37. The van der Waals surface area contributed by atoms with Gasteiger partial charge in [0.05, 0.1) is 17.0 Å². The number of nitrogens with zero attached hydrogens (tertiary/aromatic N) is 1. The Morgan fingerprint density at radius 2 is 1.03 bits per heavy atom. The van der Waals surface area contributed by atoms with Gasteiger partial charge in [-0.1, -0.05) is 96.5 Å². The normalized spacial score (nSPS) is 12.0. The molecule has 5 aromatic rings. The smallest absolute Gasteiger partial charge is 0.196 e. The Labute approximate surface area is 191 Å². The Morgan fingerprint density at radius 1 is 0.531 bits per heavy atom. The molecule has 32 heavy (non-hydrogen) atoms. The summed E-state index contributed by atoms with van der Waals surface area (Å²) in [4.78, 5) is 13.7. The van der Waals surface area contributed by atoms with Crippen molar-refractivity contribution in [2.45, 2.75) is 0 Å². The largest absolute Gasteiger partial charge is 0.308 e. The highest BCUT2D eigenvalue weighted by atomic mass is 35.5. The van der Waals surface area contributed by atoms with Crippen LogP contribution in [-0.2, 0) is 0 Å². The zero-order valence-electron chi connectivity index (χ0n) is 17.1. The van der Waals surface area contributed by atoms with Crippen molar-refractivity contribution in [3.05, 3.63) is 125 Å². The first-order valence-corrected chi connectivity index (χ1v) is 10.9. The van der Waals surface area contributed by atoms with Gasteiger partial charge in [0.25, 0.3) is 0 Å². The number of hydrogen-bond donors (Lipinski definition) is 0. The maximum atomic E-state index is 13.7. The number of aromatic nitrogens is 1. The first kappa shape index (κ1) is 18.9. The highest BCUT2D eigenvalue weighted by Crippen LogP contribution is 2.50. The van der Waals surface area contributed by atoms with E-state index < -0.39 is 0 Å². The van der Waals surface area contributed by atoms with Crippen molar-refractivity contribution in [2.75, 3.05) is 0 Å². The molecule has 152 valence electrons. The first-order chi connectivity index (χ1) is 15.7. The van der Waals surface area contributed by atoms with Crippen LogP contribution in [0.5, 0.6) is 0 Å². The summed E-state index contributed by atoms with van der Waals surface area (Å²) in [6.45, 7) is 0. The van der Waals surface area contributed by atoms with E-state index >= 15 is 0 Å². The van der Waals surface area contributed by atoms with E-state index in [9.17, 15) is 4.79 Å². The van der Waals surface area contributed by atoms with Crippen LogP contribution in [0.25, 0.3) is 39.3 Å². The highest BCUT2D eigenvalue weighted by molar-refractivity contribution is 6.30. The fraction of sp³-hybridized carbons (Fsp3) is 0. The Bertz CT molecular complexity index is 1470. The summed E-state index contributed by atoms with van der Waals surface area (Å²) in [6.07, 6.45) is 0. The number of benzene rings is 4. The third kappa shape index (κ3) is 2.77. The number of halogens is 1. The molecule has 4 aromatic carbocycles. The summed E-state index contributed by atoms with van der Waals surface area (Å²) >= 11 is 6.21. The second-order valence-electron chi connectivity index (χ2n) is 7.87. The van der Waals surface area contributed by atoms with Gasteiger partial charge in [-0.15, -0.1) is 0 Å². The molecule has 0 atom stereocenters. The third-order valence-electron chi connectivity index (χ3n) is 6.02. The molecule has 0 unspecified atom stereocenters. The van der Waals surface area contributed by atoms with Crippen LogP contribution in [-0.4, -0.2) is 10.4 Å². The van der Waals surface area contributed by atoms with Gasteiger partial charge >= 0.3 is 0 Å². The monoisotopic (exact) mass is 431 g/mol. The second kappa shape index (κ2) is 7.37. The Balaban J connectivity index is 1.81. The molecule has 0 N–H and O–H groups in total. The maximum Gasteiger partial charge on any atom is 0.196 e. The van der Waals surface area contributed by atoms with Gasteiger partial charge < -0.3 is 4.57 Å². The number of hydrogen-bond acceptors (Lipinski definition) is 1. The van der Waals surface area contributed by atoms with Gasteiger partial charge in [0, 0.05) is 21.8 Å². The molecule has 0 amide bonds. The summed E-state index contributed by atoms with van der Waals surface area (Å²) in [5.74, 6) is 0.0688.